The Kier molecular flexibility index (Phi) is 4.17. The van der Waals surface area contributed by atoms with Gasteiger partial charge in [0.1, 0.15) is 0 Å². The third kappa shape index (κ3) is 2.79. The van der Waals surface area contributed by atoms with Crippen molar-refractivity contribution in [3.63, 3.8) is 0 Å². The predicted octanol–water partition coefficient (Wildman–Crippen LogP) is 3.27. The highest BCUT2D eigenvalue weighted by atomic mass is 35.5. The van der Waals surface area contributed by atoms with Gasteiger partial charge in [-0.15, -0.1) is 0 Å². The molecule has 5 heteroatoms. The van der Waals surface area contributed by atoms with E-state index in [1.165, 1.54) is 12.8 Å². The molecule has 1 atom stereocenters. The van der Waals surface area contributed by atoms with Gasteiger partial charge in [-0.05, 0) is 49.3 Å². The standard InChI is InChI=1S/C16H20Cl2N2O/c17-12-5-4-11(8-13(12)18)16(6-1-7-16)15(21)20-14(9-19)10-2-3-10/h4-5,8,10,14H,1-3,6-7,9,19H2,(H,20,21). The first-order valence-corrected chi connectivity index (χ1v) is 8.29. The molecule has 0 bridgehead atoms. The first kappa shape index (κ1) is 15.1. The molecular formula is C16H20Cl2N2O. The van der Waals surface area contributed by atoms with Crippen LogP contribution in [0.25, 0.3) is 0 Å². The summed E-state index contributed by atoms with van der Waals surface area (Å²) in [7, 11) is 0. The van der Waals surface area contributed by atoms with Gasteiger partial charge in [-0.25, -0.2) is 0 Å². The maximum Gasteiger partial charge on any atom is 0.230 e. The van der Waals surface area contributed by atoms with Crippen LogP contribution in [0, 0.1) is 5.92 Å². The van der Waals surface area contributed by atoms with Crippen molar-refractivity contribution in [1.82, 2.24) is 5.32 Å². The highest BCUT2D eigenvalue weighted by Gasteiger charge is 2.47. The molecule has 2 fully saturated rings. The molecule has 0 saturated heterocycles. The summed E-state index contributed by atoms with van der Waals surface area (Å²) in [4.78, 5) is 12.8. The predicted molar refractivity (Wildman–Crippen MR) is 85.7 cm³/mol. The van der Waals surface area contributed by atoms with Crippen molar-refractivity contribution in [3.8, 4) is 0 Å². The van der Waals surface area contributed by atoms with E-state index in [1.807, 2.05) is 12.1 Å². The van der Waals surface area contributed by atoms with Crippen LogP contribution in [-0.2, 0) is 10.2 Å². The minimum atomic E-state index is -0.448. The van der Waals surface area contributed by atoms with Gasteiger partial charge in [0, 0.05) is 12.6 Å². The summed E-state index contributed by atoms with van der Waals surface area (Å²) in [6, 6.07) is 5.63. The highest BCUT2D eigenvalue weighted by Crippen LogP contribution is 2.45. The van der Waals surface area contributed by atoms with Crippen LogP contribution in [0.5, 0.6) is 0 Å². The summed E-state index contributed by atoms with van der Waals surface area (Å²) in [5, 5.41) is 4.19. The topological polar surface area (TPSA) is 55.1 Å². The van der Waals surface area contributed by atoms with Gasteiger partial charge in [0.05, 0.1) is 15.5 Å². The van der Waals surface area contributed by atoms with Crippen LogP contribution in [-0.4, -0.2) is 18.5 Å². The van der Waals surface area contributed by atoms with E-state index in [9.17, 15) is 4.79 Å². The zero-order valence-electron chi connectivity index (χ0n) is 11.9. The van der Waals surface area contributed by atoms with Gasteiger partial charge in [-0.1, -0.05) is 35.7 Å². The number of nitrogens with one attached hydrogen (secondary N) is 1. The van der Waals surface area contributed by atoms with Crippen LogP contribution in [0.4, 0.5) is 0 Å². The average molecular weight is 327 g/mol. The Balaban J connectivity index is 1.81. The Labute approximate surface area is 135 Å². The fraction of sp³-hybridized carbons (Fsp3) is 0.562. The fourth-order valence-electron chi connectivity index (χ4n) is 3.15. The van der Waals surface area contributed by atoms with E-state index in [2.05, 4.69) is 5.32 Å². The minimum Gasteiger partial charge on any atom is -0.351 e. The molecule has 3 rings (SSSR count). The number of nitrogens with two attached hydrogens (primary N) is 1. The molecule has 3 nitrogen and oxygen atoms in total. The summed E-state index contributed by atoms with van der Waals surface area (Å²) in [5.74, 6) is 0.652. The maximum atomic E-state index is 12.8. The van der Waals surface area contributed by atoms with E-state index in [0.29, 0.717) is 22.5 Å². The molecule has 1 aromatic carbocycles. The number of amides is 1. The molecular weight excluding hydrogens is 307 g/mol. The summed E-state index contributed by atoms with van der Waals surface area (Å²) >= 11 is 12.1. The number of carbonyl (C=O) groups excluding carboxylic acids is 1. The summed E-state index contributed by atoms with van der Waals surface area (Å²) < 4.78 is 0. The normalized spacial score (nSPS) is 21.5. The Morgan fingerprint density at radius 3 is 2.52 bits per heavy atom. The van der Waals surface area contributed by atoms with Crippen LogP contribution < -0.4 is 11.1 Å². The maximum absolute atomic E-state index is 12.8. The molecule has 3 N–H and O–H groups in total. The number of hydrogen-bond acceptors (Lipinski definition) is 2. The molecule has 114 valence electrons. The van der Waals surface area contributed by atoms with E-state index < -0.39 is 5.41 Å². The monoisotopic (exact) mass is 326 g/mol. The lowest BCUT2D eigenvalue weighted by atomic mass is 9.63. The molecule has 1 aromatic rings. The quantitative estimate of drug-likeness (QED) is 0.872. The van der Waals surface area contributed by atoms with Crippen molar-refractivity contribution in [2.24, 2.45) is 11.7 Å². The van der Waals surface area contributed by atoms with Crippen LogP contribution in [0.3, 0.4) is 0 Å². The van der Waals surface area contributed by atoms with E-state index >= 15 is 0 Å². The second-order valence-electron chi connectivity index (χ2n) is 6.22. The van der Waals surface area contributed by atoms with Crippen LogP contribution in [0.15, 0.2) is 18.2 Å². The molecule has 1 amide bonds. The zero-order valence-corrected chi connectivity index (χ0v) is 13.4. The first-order valence-electron chi connectivity index (χ1n) is 7.53. The van der Waals surface area contributed by atoms with E-state index in [0.717, 1.165) is 24.8 Å². The Morgan fingerprint density at radius 2 is 2.05 bits per heavy atom. The molecule has 2 aliphatic rings. The van der Waals surface area contributed by atoms with E-state index in [1.54, 1.807) is 6.07 Å². The molecule has 0 spiro atoms. The van der Waals surface area contributed by atoms with E-state index in [-0.39, 0.29) is 11.9 Å². The molecule has 0 heterocycles. The van der Waals surface area contributed by atoms with Gasteiger partial charge in [-0.3, -0.25) is 4.79 Å². The van der Waals surface area contributed by atoms with Gasteiger partial charge >= 0.3 is 0 Å². The number of halogens is 2. The van der Waals surface area contributed by atoms with Gasteiger partial charge in [-0.2, -0.15) is 0 Å². The largest absolute Gasteiger partial charge is 0.351 e. The minimum absolute atomic E-state index is 0.0921. The number of rotatable bonds is 5. The third-order valence-electron chi connectivity index (χ3n) is 4.88. The number of hydrogen-bond donors (Lipinski definition) is 2. The Hall–Kier alpha value is -0.770. The average Bonchev–Trinajstić information content (AvgIpc) is 3.23. The summed E-state index contributed by atoms with van der Waals surface area (Å²) in [6.45, 7) is 0.508. The lowest BCUT2D eigenvalue weighted by Crippen LogP contribution is -2.54. The van der Waals surface area contributed by atoms with Crippen LogP contribution in [0.2, 0.25) is 10.0 Å². The number of benzene rings is 1. The highest BCUT2D eigenvalue weighted by molar-refractivity contribution is 6.42. The third-order valence-corrected chi connectivity index (χ3v) is 5.61. The second-order valence-corrected chi connectivity index (χ2v) is 7.03. The second kappa shape index (κ2) is 5.79. The van der Waals surface area contributed by atoms with Crippen molar-refractivity contribution >= 4 is 29.1 Å². The van der Waals surface area contributed by atoms with Crippen LogP contribution >= 0.6 is 23.2 Å². The lowest BCUT2D eigenvalue weighted by Gasteiger charge is -2.41. The van der Waals surface area contributed by atoms with E-state index in [4.69, 9.17) is 28.9 Å². The molecule has 2 aliphatic carbocycles. The molecule has 0 aliphatic heterocycles. The van der Waals surface area contributed by atoms with Gasteiger partial charge < -0.3 is 11.1 Å². The molecule has 21 heavy (non-hydrogen) atoms. The van der Waals surface area contributed by atoms with Gasteiger partial charge in [0.25, 0.3) is 0 Å². The number of carbonyl (C=O) groups is 1. The van der Waals surface area contributed by atoms with Crippen molar-refractivity contribution in [2.75, 3.05) is 6.54 Å². The SMILES string of the molecule is NCC(NC(=O)C1(c2ccc(Cl)c(Cl)c2)CCC1)C1CC1. The first-order chi connectivity index (χ1) is 10.1. The smallest absolute Gasteiger partial charge is 0.230 e. The van der Waals surface area contributed by atoms with Crippen molar-refractivity contribution < 1.29 is 4.79 Å². The van der Waals surface area contributed by atoms with Crippen molar-refractivity contribution in [2.45, 2.75) is 43.6 Å². The molecule has 0 aromatic heterocycles. The van der Waals surface area contributed by atoms with Crippen LogP contribution in [0.1, 0.15) is 37.7 Å². The summed E-state index contributed by atoms with van der Waals surface area (Å²) in [6.07, 6.45) is 5.12. The Bertz CT molecular complexity index is 553. The fourth-order valence-corrected chi connectivity index (χ4v) is 3.44. The lowest BCUT2D eigenvalue weighted by molar-refractivity contribution is -0.130. The van der Waals surface area contributed by atoms with Crippen molar-refractivity contribution in [1.29, 1.82) is 0 Å². The molecule has 2 saturated carbocycles. The molecule has 1 unspecified atom stereocenters. The van der Waals surface area contributed by atoms with Gasteiger partial charge in [0.15, 0.2) is 0 Å². The zero-order chi connectivity index (χ0) is 15.0. The van der Waals surface area contributed by atoms with Gasteiger partial charge in [0.2, 0.25) is 5.91 Å². The molecule has 0 radical (unpaired) electrons. The van der Waals surface area contributed by atoms with Crippen molar-refractivity contribution in [3.05, 3.63) is 33.8 Å². The Morgan fingerprint density at radius 1 is 1.33 bits per heavy atom. The summed E-state index contributed by atoms with van der Waals surface area (Å²) in [5.41, 5.74) is 6.31.